The number of rotatable bonds is 3. The topological polar surface area (TPSA) is 94.8 Å². The zero-order valence-corrected chi connectivity index (χ0v) is 14.0. The van der Waals surface area contributed by atoms with E-state index in [-0.39, 0.29) is 6.61 Å². The van der Waals surface area contributed by atoms with Crippen LogP contribution in [0.1, 0.15) is 11.1 Å². The predicted octanol–water partition coefficient (Wildman–Crippen LogP) is 4.77. The van der Waals surface area contributed by atoms with Gasteiger partial charge in [0.2, 0.25) is 0 Å². The van der Waals surface area contributed by atoms with Crippen LogP contribution in [0.15, 0.2) is 78.2 Å². The van der Waals surface area contributed by atoms with Gasteiger partial charge in [-0.1, -0.05) is 29.4 Å². The van der Waals surface area contributed by atoms with Crippen molar-refractivity contribution in [2.24, 2.45) is 5.11 Å². The molecule has 0 saturated carbocycles. The van der Waals surface area contributed by atoms with Gasteiger partial charge in [-0.15, -0.1) is 0 Å². The molecule has 2 aromatic heterocycles. The molecule has 0 bridgehead atoms. The third kappa shape index (κ3) is 4.33. The first-order valence-corrected chi connectivity index (χ1v) is 8.09. The first kappa shape index (κ1) is 17.4. The normalized spacial score (nSPS) is 10.0. The summed E-state index contributed by atoms with van der Waals surface area (Å²) in [4.78, 5) is 11.1. The summed E-state index contributed by atoms with van der Waals surface area (Å²) in [7, 11) is 0. The van der Waals surface area contributed by atoms with Crippen molar-refractivity contribution in [2.45, 2.75) is 13.2 Å². The van der Waals surface area contributed by atoms with Crippen LogP contribution in [-0.2, 0) is 13.2 Å². The van der Waals surface area contributed by atoms with Gasteiger partial charge in [0.25, 0.3) is 0 Å². The molecule has 0 radical (unpaired) electrons. The Hall–Kier alpha value is -3.47. The molecule has 6 nitrogen and oxygen atoms in total. The van der Waals surface area contributed by atoms with E-state index in [1.54, 1.807) is 12.4 Å². The van der Waals surface area contributed by atoms with E-state index in [0.29, 0.717) is 6.54 Å². The average Bonchev–Trinajstić information content (AvgIpc) is 2.72. The fourth-order valence-electron chi connectivity index (χ4n) is 2.56. The van der Waals surface area contributed by atoms with Gasteiger partial charge in [0, 0.05) is 28.1 Å². The van der Waals surface area contributed by atoms with E-state index in [2.05, 4.69) is 20.0 Å². The van der Waals surface area contributed by atoms with Crippen molar-refractivity contribution in [2.75, 3.05) is 0 Å². The van der Waals surface area contributed by atoms with Crippen LogP contribution in [0.5, 0.6) is 0 Å². The van der Waals surface area contributed by atoms with Crippen molar-refractivity contribution in [3.05, 3.63) is 94.6 Å². The molecule has 0 saturated heterocycles. The third-order valence-corrected chi connectivity index (χ3v) is 3.83. The summed E-state index contributed by atoms with van der Waals surface area (Å²) in [6.45, 7) is 0.478. The molecule has 4 rings (SSSR count). The average molecular weight is 343 g/mol. The molecule has 2 heterocycles. The van der Waals surface area contributed by atoms with Crippen molar-refractivity contribution in [1.82, 2.24) is 9.97 Å². The minimum Gasteiger partial charge on any atom is -0.392 e. The Morgan fingerprint density at radius 3 is 2.00 bits per heavy atom. The SMILES string of the molecule is OCc1ccc2ncccc2c1.[N-]=[N+]=NCc1ccc2ncccc2c1. The standard InChI is InChI=1S/C10H8N4.C10H9NO/c11-14-13-7-8-3-4-10-9(6-8)2-1-5-12-10;12-7-8-3-4-10-9(6-8)2-1-5-11-10/h1-6H,7H2;1-6,12H,7H2. The van der Waals surface area contributed by atoms with E-state index in [1.807, 2.05) is 60.7 Å². The fraction of sp³-hybridized carbons (Fsp3) is 0.100. The number of azide groups is 1. The largest absolute Gasteiger partial charge is 0.392 e. The summed E-state index contributed by atoms with van der Waals surface area (Å²) in [6.07, 6.45) is 3.52. The second-order valence-electron chi connectivity index (χ2n) is 5.61. The van der Waals surface area contributed by atoms with Gasteiger partial charge >= 0.3 is 0 Å². The van der Waals surface area contributed by atoms with Gasteiger partial charge in [-0.2, -0.15) is 0 Å². The van der Waals surface area contributed by atoms with E-state index in [0.717, 1.165) is 32.9 Å². The predicted molar refractivity (Wildman–Crippen MR) is 102 cm³/mol. The van der Waals surface area contributed by atoms with Gasteiger partial charge in [0.15, 0.2) is 0 Å². The maximum atomic E-state index is 8.88. The molecule has 6 heteroatoms. The Morgan fingerprint density at radius 1 is 0.846 bits per heavy atom. The van der Waals surface area contributed by atoms with E-state index >= 15 is 0 Å². The second kappa shape index (κ2) is 8.58. The Balaban J connectivity index is 0.000000152. The van der Waals surface area contributed by atoms with Gasteiger partial charge < -0.3 is 5.11 Å². The van der Waals surface area contributed by atoms with Gasteiger partial charge in [0.1, 0.15) is 0 Å². The summed E-state index contributed by atoms with van der Waals surface area (Å²) in [5.74, 6) is 0. The number of aromatic nitrogens is 2. The summed E-state index contributed by atoms with van der Waals surface area (Å²) in [6, 6.07) is 19.3. The molecule has 0 aliphatic heterocycles. The summed E-state index contributed by atoms with van der Waals surface area (Å²) >= 11 is 0. The Kier molecular flexibility index (Phi) is 5.72. The Bertz CT molecular complexity index is 1070. The molecule has 0 spiro atoms. The lowest BCUT2D eigenvalue weighted by Crippen LogP contribution is -1.83. The highest BCUT2D eigenvalue weighted by molar-refractivity contribution is 5.79. The lowest BCUT2D eigenvalue weighted by Gasteiger charge is -1.98. The van der Waals surface area contributed by atoms with Crippen LogP contribution in [0.3, 0.4) is 0 Å². The first-order chi connectivity index (χ1) is 12.8. The van der Waals surface area contributed by atoms with E-state index in [4.69, 9.17) is 10.6 Å². The lowest BCUT2D eigenvalue weighted by atomic mass is 10.1. The molecule has 128 valence electrons. The smallest absolute Gasteiger partial charge is 0.0702 e. The minimum absolute atomic E-state index is 0.0881. The van der Waals surface area contributed by atoms with Gasteiger partial charge in [0.05, 0.1) is 24.2 Å². The second-order valence-corrected chi connectivity index (χ2v) is 5.61. The number of hydrogen-bond acceptors (Lipinski definition) is 4. The van der Waals surface area contributed by atoms with Crippen molar-refractivity contribution < 1.29 is 5.11 Å². The highest BCUT2D eigenvalue weighted by Crippen LogP contribution is 2.14. The molecule has 0 fully saturated rings. The number of nitrogens with zero attached hydrogens (tertiary/aromatic N) is 5. The maximum absolute atomic E-state index is 8.88. The monoisotopic (exact) mass is 343 g/mol. The zero-order valence-electron chi connectivity index (χ0n) is 14.0. The van der Waals surface area contributed by atoms with Crippen molar-refractivity contribution in [3.63, 3.8) is 0 Å². The molecule has 0 amide bonds. The van der Waals surface area contributed by atoms with E-state index < -0.39 is 0 Å². The number of hydrogen-bond donors (Lipinski definition) is 1. The summed E-state index contributed by atoms with van der Waals surface area (Å²) in [5, 5.41) is 14.5. The molecule has 4 aromatic rings. The quantitative estimate of drug-likeness (QED) is 0.330. The maximum Gasteiger partial charge on any atom is 0.0702 e. The molecular weight excluding hydrogens is 326 g/mol. The Morgan fingerprint density at radius 2 is 1.42 bits per heavy atom. The number of benzene rings is 2. The van der Waals surface area contributed by atoms with Gasteiger partial charge in [-0.05, 0) is 53.1 Å². The molecule has 0 unspecified atom stereocenters. The molecule has 0 atom stereocenters. The van der Waals surface area contributed by atoms with E-state index in [1.165, 1.54) is 0 Å². The third-order valence-electron chi connectivity index (χ3n) is 3.83. The molecule has 26 heavy (non-hydrogen) atoms. The van der Waals surface area contributed by atoms with Crippen LogP contribution < -0.4 is 0 Å². The van der Waals surface area contributed by atoms with Gasteiger partial charge in [-0.3, -0.25) is 9.97 Å². The Labute approximate surface area is 150 Å². The molecule has 0 aliphatic carbocycles. The van der Waals surface area contributed by atoms with Crippen LogP contribution in [0, 0.1) is 0 Å². The molecule has 1 N–H and O–H groups in total. The molecular formula is C20H17N5O. The van der Waals surface area contributed by atoms with Crippen molar-refractivity contribution in [1.29, 1.82) is 0 Å². The van der Waals surface area contributed by atoms with Gasteiger partial charge in [-0.25, -0.2) is 0 Å². The van der Waals surface area contributed by atoms with Crippen LogP contribution in [0.25, 0.3) is 32.2 Å². The first-order valence-electron chi connectivity index (χ1n) is 8.09. The van der Waals surface area contributed by atoms with Crippen LogP contribution in [0.2, 0.25) is 0 Å². The number of pyridine rings is 2. The van der Waals surface area contributed by atoms with Crippen LogP contribution in [0.4, 0.5) is 0 Å². The minimum atomic E-state index is 0.0881. The fourth-order valence-corrected chi connectivity index (χ4v) is 2.56. The van der Waals surface area contributed by atoms with Crippen LogP contribution >= 0.6 is 0 Å². The number of aliphatic hydroxyl groups is 1. The van der Waals surface area contributed by atoms with Crippen molar-refractivity contribution >= 4 is 21.8 Å². The van der Waals surface area contributed by atoms with Crippen LogP contribution in [-0.4, -0.2) is 15.1 Å². The molecule has 0 aliphatic rings. The lowest BCUT2D eigenvalue weighted by molar-refractivity contribution is 0.282. The van der Waals surface area contributed by atoms with E-state index in [9.17, 15) is 0 Å². The zero-order chi connectivity index (χ0) is 18.2. The number of fused-ring (bicyclic) bond motifs is 2. The molecule has 2 aromatic carbocycles. The summed E-state index contributed by atoms with van der Waals surface area (Å²) < 4.78 is 0. The highest BCUT2D eigenvalue weighted by atomic mass is 16.3. The highest BCUT2D eigenvalue weighted by Gasteiger charge is 1.95. The summed E-state index contributed by atoms with van der Waals surface area (Å²) in [5.41, 5.74) is 12.0. The number of aliphatic hydroxyl groups excluding tert-OH is 1. The van der Waals surface area contributed by atoms with Crippen molar-refractivity contribution in [3.8, 4) is 0 Å².